The first-order valence-electron chi connectivity index (χ1n) is 9.55. The predicted molar refractivity (Wildman–Crippen MR) is 119 cm³/mol. The molecule has 0 aliphatic carbocycles. The van der Waals surface area contributed by atoms with Gasteiger partial charge in [0.05, 0.1) is 29.9 Å². The van der Waals surface area contributed by atoms with Crippen molar-refractivity contribution in [3.63, 3.8) is 0 Å². The van der Waals surface area contributed by atoms with Gasteiger partial charge in [-0.25, -0.2) is 9.59 Å². The molecule has 0 spiro atoms. The number of anilines is 1. The van der Waals surface area contributed by atoms with Crippen molar-refractivity contribution in [1.29, 1.82) is 10.7 Å². The molecule has 1 atom stereocenters. The van der Waals surface area contributed by atoms with Crippen LogP contribution in [0.3, 0.4) is 0 Å². The zero-order valence-corrected chi connectivity index (χ0v) is 19.4. The van der Waals surface area contributed by atoms with Crippen LogP contribution in [0.4, 0.5) is 23.7 Å². The number of hydrogen-bond donors (Lipinski definition) is 2. The summed E-state index contributed by atoms with van der Waals surface area (Å²) in [4.78, 5) is 27.2. The van der Waals surface area contributed by atoms with Gasteiger partial charge in [0.15, 0.2) is 0 Å². The SMILES string of the molecule is COC(=O)C1=C(C)N(c2cccc(C(F)(F)F)c2)C(=N)N(C(N)=O)C1c1ccc(C#N)cc1Br. The van der Waals surface area contributed by atoms with E-state index < -0.39 is 35.7 Å². The molecule has 0 fully saturated rings. The lowest BCUT2D eigenvalue weighted by atomic mass is 9.92. The molecule has 8 nitrogen and oxygen atoms in total. The highest BCUT2D eigenvalue weighted by molar-refractivity contribution is 9.10. The number of methoxy groups -OCH3 is 1. The molecule has 1 aliphatic heterocycles. The van der Waals surface area contributed by atoms with E-state index in [1.807, 2.05) is 6.07 Å². The number of allylic oxidation sites excluding steroid dienone is 1. The molecule has 176 valence electrons. The maximum Gasteiger partial charge on any atom is 0.416 e. The van der Waals surface area contributed by atoms with Crippen LogP contribution in [0.25, 0.3) is 0 Å². The van der Waals surface area contributed by atoms with Crippen LogP contribution >= 0.6 is 15.9 Å². The van der Waals surface area contributed by atoms with Crippen LogP contribution in [0.1, 0.15) is 29.7 Å². The maximum absolute atomic E-state index is 13.3. The van der Waals surface area contributed by atoms with Crippen molar-refractivity contribution in [2.24, 2.45) is 5.73 Å². The molecule has 0 aromatic heterocycles. The molecule has 0 radical (unpaired) electrons. The molecule has 1 heterocycles. The van der Waals surface area contributed by atoms with E-state index in [-0.39, 0.29) is 22.5 Å². The number of amides is 2. The number of rotatable bonds is 3. The number of primary amides is 1. The van der Waals surface area contributed by atoms with Gasteiger partial charge >= 0.3 is 18.2 Å². The Bertz CT molecular complexity index is 1270. The van der Waals surface area contributed by atoms with Gasteiger partial charge in [-0.1, -0.05) is 28.1 Å². The molecule has 1 aliphatic rings. The number of nitrogens with zero attached hydrogens (tertiary/aromatic N) is 3. The summed E-state index contributed by atoms with van der Waals surface area (Å²) in [6, 6.07) is 8.08. The summed E-state index contributed by atoms with van der Waals surface area (Å²) < 4.78 is 45.2. The summed E-state index contributed by atoms with van der Waals surface area (Å²) in [6.07, 6.45) is -4.66. The quantitative estimate of drug-likeness (QED) is 0.553. The summed E-state index contributed by atoms with van der Waals surface area (Å²) >= 11 is 3.32. The topological polar surface area (TPSA) is 124 Å². The van der Waals surface area contributed by atoms with Crippen molar-refractivity contribution in [2.75, 3.05) is 12.0 Å². The molecule has 34 heavy (non-hydrogen) atoms. The number of urea groups is 1. The molecule has 0 bridgehead atoms. The standard InChI is InChI=1S/C22H17BrF3N5O3/c1-11-17(19(32)34-2)18(15-7-6-12(10-27)8-16(15)23)31(21(29)33)20(28)30(11)14-5-3-4-13(9-14)22(24,25)26/h3-9,18,28H,1-2H3,(H2,29,33). The number of esters is 1. The minimum atomic E-state index is -4.66. The van der Waals surface area contributed by atoms with Crippen LogP contribution in [0, 0.1) is 16.7 Å². The van der Waals surface area contributed by atoms with Crippen LogP contribution in [-0.2, 0) is 15.7 Å². The number of ether oxygens (including phenoxy) is 1. The second-order valence-electron chi connectivity index (χ2n) is 7.16. The summed E-state index contributed by atoms with van der Waals surface area (Å²) in [5, 5.41) is 17.8. The fraction of sp³-hybridized carbons (Fsp3) is 0.182. The number of hydrogen-bond acceptors (Lipinski definition) is 5. The van der Waals surface area contributed by atoms with Crippen molar-refractivity contribution in [3.05, 3.63) is 74.9 Å². The highest BCUT2D eigenvalue weighted by Gasteiger charge is 2.44. The van der Waals surface area contributed by atoms with E-state index in [4.69, 9.17) is 21.1 Å². The Balaban J connectivity index is 2.32. The Kier molecular flexibility index (Phi) is 6.70. The average molecular weight is 536 g/mol. The fourth-order valence-corrected chi connectivity index (χ4v) is 4.28. The molecule has 0 saturated carbocycles. The lowest BCUT2D eigenvalue weighted by Crippen LogP contribution is -2.55. The van der Waals surface area contributed by atoms with Gasteiger partial charge in [0.1, 0.15) is 6.04 Å². The molecule has 0 saturated heterocycles. The molecule has 2 aromatic carbocycles. The molecular formula is C22H17BrF3N5O3. The molecular weight excluding hydrogens is 519 g/mol. The Morgan fingerprint density at radius 2 is 1.91 bits per heavy atom. The highest BCUT2D eigenvalue weighted by atomic mass is 79.9. The van der Waals surface area contributed by atoms with E-state index in [1.54, 1.807) is 0 Å². The monoisotopic (exact) mass is 535 g/mol. The smallest absolute Gasteiger partial charge is 0.416 e. The molecule has 2 amide bonds. The van der Waals surface area contributed by atoms with E-state index in [2.05, 4.69) is 15.9 Å². The zero-order valence-electron chi connectivity index (χ0n) is 17.8. The van der Waals surface area contributed by atoms with Crippen LogP contribution in [0.15, 0.2) is 58.2 Å². The number of benzene rings is 2. The molecule has 2 aromatic rings. The van der Waals surface area contributed by atoms with Crippen LogP contribution in [-0.4, -0.2) is 30.0 Å². The predicted octanol–water partition coefficient (Wildman–Crippen LogP) is 4.66. The molecule has 3 N–H and O–H groups in total. The number of alkyl halides is 3. The number of carbonyl (C=O) groups excluding carboxylic acids is 2. The van der Waals surface area contributed by atoms with Gasteiger partial charge in [-0.15, -0.1) is 0 Å². The normalized spacial score (nSPS) is 16.4. The Labute approximate surface area is 200 Å². The number of nitriles is 1. The van der Waals surface area contributed by atoms with Gasteiger partial charge < -0.3 is 10.5 Å². The first kappa shape index (κ1) is 24.8. The fourth-order valence-electron chi connectivity index (χ4n) is 3.69. The Morgan fingerprint density at radius 1 is 1.24 bits per heavy atom. The number of halogens is 4. The van der Waals surface area contributed by atoms with Gasteiger partial charge in [0.2, 0.25) is 5.96 Å². The first-order valence-corrected chi connectivity index (χ1v) is 10.3. The Morgan fingerprint density at radius 3 is 2.44 bits per heavy atom. The minimum absolute atomic E-state index is 0.0648. The van der Waals surface area contributed by atoms with Crippen molar-refractivity contribution in [1.82, 2.24) is 4.90 Å². The lowest BCUT2D eigenvalue weighted by Gasteiger charge is -2.43. The van der Waals surface area contributed by atoms with Crippen molar-refractivity contribution >= 4 is 39.6 Å². The van der Waals surface area contributed by atoms with Crippen molar-refractivity contribution < 1.29 is 27.5 Å². The van der Waals surface area contributed by atoms with Crippen LogP contribution < -0.4 is 10.6 Å². The molecule has 1 unspecified atom stereocenters. The number of guanidine groups is 1. The highest BCUT2D eigenvalue weighted by Crippen LogP contribution is 2.42. The number of nitrogens with two attached hydrogens (primary N) is 1. The average Bonchev–Trinajstić information content (AvgIpc) is 2.77. The zero-order chi connectivity index (χ0) is 25.4. The third kappa shape index (κ3) is 4.34. The van der Waals surface area contributed by atoms with E-state index in [1.165, 1.54) is 31.2 Å². The maximum atomic E-state index is 13.3. The third-order valence-electron chi connectivity index (χ3n) is 5.20. The summed E-state index contributed by atoms with van der Waals surface area (Å²) in [5.74, 6) is -1.45. The second kappa shape index (κ2) is 9.18. The lowest BCUT2D eigenvalue weighted by molar-refractivity contribution is -0.138. The van der Waals surface area contributed by atoms with Gasteiger partial charge in [-0.2, -0.15) is 18.4 Å². The summed E-state index contributed by atoms with van der Waals surface area (Å²) in [7, 11) is 1.11. The summed E-state index contributed by atoms with van der Waals surface area (Å²) in [5.41, 5.74) is 5.03. The van der Waals surface area contributed by atoms with Gasteiger partial charge in [0, 0.05) is 15.9 Å². The van der Waals surface area contributed by atoms with Crippen LogP contribution in [0.2, 0.25) is 0 Å². The Hall–Kier alpha value is -3.85. The molecule has 3 rings (SSSR count). The molecule has 12 heteroatoms. The number of nitrogens with one attached hydrogen (secondary N) is 1. The van der Waals surface area contributed by atoms with Gasteiger partial charge in [-0.05, 0) is 42.8 Å². The van der Waals surface area contributed by atoms with Crippen molar-refractivity contribution in [2.45, 2.75) is 19.1 Å². The third-order valence-corrected chi connectivity index (χ3v) is 5.88. The van der Waals surface area contributed by atoms with E-state index >= 15 is 0 Å². The van der Waals surface area contributed by atoms with Crippen molar-refractivity contribution in [3.8, 4) is 6.07 Å². The van der Waals surface area contributed by atoms with E-state index in [9.17, 15) is 22.8 Å². The minimum Gasteiger partial charge on any atom is -0.466 e. The van der Waals surface area contributed by atoms with Gasteiger partial charge in [0.25, 0.3) is 0 Å². The second-order valence-corrected chi connectivity index (χ2v) is 8.01. The van der Waals surface area contributed by atoms with Crippen LogP contribution in [0.5, 0.6) is 0 Å². The number of carbonyl (C=O) groups is 2. The summed E-state index contributed by atoms with van der Waals surface area (Å²) in [6.45, 7) is 1.42. The first-order chi connectivity index (χ1) is 15.9. The van der Waals surface area contributed by atoms with Gasteiger partial charge in [-0.3, -0.25) is 15.2 Å². The largest absolute Gasteiger partial charge is 0.466 e. The van der Waals surface area contributed by atoms with E-state index in [0.717, 1.165) is 35.1 Å². The van der Waals surface area contributed by atoms with E-state index in [0.29, 0.717) is 10.0 Å².